The van der Waals surface area contributed by atoms with Crippen molar-refractivity contribution in [2.24, 2.45) is 0 Å². The number of thiazole rings is 1. The van der Waals surface area contributed by atoms with E-state index in [4.69, 9.17) is 4.74 Å². The van der Waals surface area contributed by atoms with Crippen LogP contribution in [0.1, 0.15) is 67.4 Å². The predicted octanol–water partition coefficient (Wildman–Crippen LogP) is 5.03. The minimum absolute atomic E-state index is 0.0576. The summed E-state index contributed by atoms with van der Waals surface area (Å²) in [5.74, 6) is 0.0643. The van der Waals surface area contributed by atoms with Crippen LogP contribution in [0.15, 0.2) is 48.2 Å². The maximum Gasteiger partial charge on any atom is 0.186 e. The lowest BCUT2D eigenvalue weighted by Crippen LogP contribution is -2.26. The minimum atomic E-state index is -0.470. The highest BCUT2D eigenvalue weighted by Crippen LogP contribution is 2.28. The van der Waals surface area contributed by atoms with Gasteiger partial charge < -0.3 is 9.30 Å². The molecule has 0 radical (unpaired) electrons. The van der Waals surface area contributed by atoms with E-state index in [1.54, 1.807) is 12.4 Å². The fourth-order valence-corrected chi connectivity index (χ4v) is 4.27. The lowest BCUT2D eigenvalue weighted by molar-refractivity contribution is -0.0624. The molecule has 148 valence electrons. The van der Waals surface area contributed by atoms with Gasteiger partial charge in [-0.05, 0) is 64.4 Å². The van der Waals surface area contributed by atoms with Gasteiger partial charge in [0.1, 0.15) is 10.6 Å². The Balaban J connectivity index is 1.76. The van der Waals surface area contributed by atoms with E-state index in [1.807, 2.05) is 68.1 Å². The van der Waals surface area contributed by atoms with Crippen LogP contribution in [0.2, 0.25) is 0 Å². The maximum absolute atomic E-state index is 13.0. The smallest absolute Gasteiger partial charge is 0.186 e. The topological polar surface area (TPSA) is 57.0 Å². The Bertz CT molecular complexity index is 928. The summed E-state index contributed by atoms with van der Waals surface area (Å²) < 4.78 is 7.98. The Kier molecular flexibility index (Phi) is 6.10. The van der Waals surface area contributed by atoms with Gasteiger partial charge in [0.25, 0.3) is 0 Å². The quantitative estimate of drug-likeness (QED) is 0.500. The maximum atomic E-state index is 13.0. The van der Waals surface area contributed by atoms with Crippen LogP contribution in [0.3, 0.4) is 0 Å². The number of ether oxygens (including phenoxy) is 1. The zero-order chi connectivity index (χ0) is 20.3. The highest BCUT2D eigenvalue weighted by molar-refractivity contribution is 7.09. The van der Waals surface area contributed by atoms with Crippen molar-refractivity contribution in [3.05, 3.63) is 70.2 Å². The Morgan fingerprint density at radius 3 is 2.61 bits per heavy atom. The molecule has 28 heavy (non-hydrogen) atoms. The first-order valence-electron chi connectivity index (χ1n) is 9.50. The first kappa shape index (κ1) is 20.4. The zero-order valence-electron chi connectivity index (χ0n) is 17.0. The third kappa shape index (κ3) is 4.56. The highest BCUT2D eigenvalue weighted by Gasteiger charge is 2.26. The van der Waals surface area contributed by atoms with E-state index in [-0.39, 0.29) is 24.3 Å². The fourth-order valence-electron chi connectivity index (χ4n) is 3.32. The van der Waals surface area contributed by atoms with Crippen LogP contribution >= 0.6 is 11.3 Å². The first-order chi connectivity index (χ1) is 13.3. The van der Waals surface area contributed by atoms with Crippen molar-refractivity contribution in [3.8, 4) is 0 Å². The van der Waals surface area contributed by atoms with Gasteiger partial charge in [-0.3, -0.25) is 9.78 Å². The Labute approximate surface area is 170 Å². The zero-order valence-corrected chi connectivity index (χ0v) is 17.9. The summed E-state index contributed by atoms with van der Waals surface area (Å²) in [6.45, 7) is 10.1. The molecule has 1 unspecified atom stereocenters. The van der Waals surface area contributed by atoms with Crippen LogP contribution < -0.4 is 0 Å². The third-order valence-electron chi connectivity index (χ3n) is 4.68. The summed E-state index contributed by atoms with van der Waals surface area (Å²) >= 11 is 1.51. The van der Waals surface area contributed by atoms with Gasteiger partial charge >= 0.3 is 0 Å². The van der Waals surface area contributed by atoms with Crippen molar-refractivity contribution in [1.82, 2.24) is 14.5 Å². The molecule has 0 amide bonds. The second-order valence-electron chi connectivity index (χ2n) is 7.66. The van der Waals surface area contributed by atoms with E-state index >= 15 is 0 Å². The van der Waals surface area contributed by atoms with Crippen molar-refractivity contribution in [3.63, 3.8) is 0 Å². The number of hydrogen-bond acceptors (Lipinski definition) is 5. The molecule has 0 fully saturated rings. The predicted molar refractivity (Wildman–Crippen MR) is 112 cm³/mol. The summed E-state index contributed by atoms with van der Waals surface area (Å²) in [5, 5.41) is 2.80. The van der Waals surface area contributed by atoms with E-state index in [1.165, 1.54) is 11.3 Å². The summed E-state index contributed by atoms with van der Waals surface area (Å²) in [6.07, 6.45) is 5.89. The summed E-state index contributed by atoms with van der Waals surface area (Å²) in [4.78, 5) is 21.7. The van der Waals surface area contributed by atoms with E-state index in [0.717, 1.165) is 16.3 Å². The van der Waals surface area contributed by atoms with Gasteiger partial charge in [0.2, 0.25) is 0 Å². The molecule has 6 heteroatoms. The van der Waals surface area contributed by atoms with E-state index in [9.17, 15) is 4.79 Å². The molecule has 0 aliphatic rings. The molecule has 0 saturated heterocycles. The average molecular weight is 398 g/mol. The van der Waals surface area contributed by atoms with Crippen molar-refractivity contribution in [2.45, 2.75) is 58.8 Å². The molecule has 3 aromatic heterocycles. The number of carbonyl (C=O) groups is 1. The first-order valence-corrected chi connectivity index (χ1v) is 10.4. The number of nitrogens with zero attached hydrogens (tertiary/aromatic N) is 3. The van der Waals surface area contributed by atoms with Gasteiger partial charge in [-0.25, -0.2) is 4.98 Å². The van der Waals surface area contributed by atoms with Crippen LogP contribution in [0.5, 0.6) is 0 Å². The molecule has 1 atom stereocenters. The van der Waals surface area contributed by atoms with Gasteiger partial charge in [-0.15, -0.1) is 11.3 Å². The van der Waals surface area contributed by atoms with Gasteiger partial charge in [0.15, 0.2) is 5.78 Å². The van der Waals surface area contributed by atoms with Crippen LogP contribution in [0.4, 0.5) is 0 Å². The van der Waals surface area contributed by atoms with E-state index in [0.29, 0.717) is 5.69 Å². The van der Waals surface area contributed by atoms with Gasteiger partial charge in [0, 0.05) is 24.0 Å². The number of carbonyl (C=O) groups excluding carboxylic acids is 1. The largest absolute Gasteiger partial charge is 0.367 e. The Hall–Kier alpha value is -2.31. The molecule has 5 nitrogen and oxygen atoms in total. The standard InChI is InChI=1S/C22H27N3O2S/c1-15(2)27-22(4,5)20-14-28-21(24-20)13-19(26)18-7-6-12-25(18)16(3)17-8-10-23-11-9-17/h6-12,14-16H,13H2,1-5H3. The molecule has 0 spiro atoms. The summed E-state index contributed by atoms with van der Waals surface area (Å²) in [5.41, 5.74) is 2.21. The lowest BCUT2D eigenvalue weighted by atomic mass is 10.1. The SMILES string of the molecule is CC(C)OC(C)(C)c1csc(CC(=O)c2cccn2C(C)c2ccncc2)n1. The molecule has 0 saturated carbocycles. The Morgan fingerprint density at radius 1 is 1.21 bits per heavy atom. The number of aromatic nitrogens is 3. The fraction of sp³-hybridized carbons (Fsp3) is 0.409. The molecule has 0 aromatic carbocycles. The molecule has 0 aliphatic carbocycles. The van der Waals surface area contributed by atoms with Gasteiger partial charge in [0.05, 0.1) is 30.0 Å². The molecular formula is C22H27N3O2S. The summed E-state index contributed by atoms with van der Waals surface area (Å²) in [7, 11) is 0. The number of hydrogen-bond donors (Lipinski definition) is 0. The van der Waals surface area contributed by atoms with Crippen LogP contribution in [0.25, 0.3) is 0 Å². The third-order valence-corrected chi connectivity index (χ3v) is 5.53. The molecule has 3 heterocycles. The number of pyridine rings is 1. The van der Waals surface area contributed by atoms with Crippen LogP contribution in [0, 0.1) is 0 Å². The van der Waals surface area contributed by atoms with Crippen molar-refractivity contribution >= 4 is 17.1 Å². The molecule has 3 rings (SSSR count). The monoisotopic (exact) mass is 397 g/mol. The second-order valence-corrected chi connectivity index (χ2v) is 8.60. The van der Waals surface area contributed by atoms with Crippen molar-refractivity contribution in [2.75, 3.05) is 0 Å². The molecule has 0 N–H and O–H groups in total. The molecule has 3 aromatic rings. The molecule has 0 aliphatic heterocycles. The number of rotatable bonds is 8. The van der Waals surface area contributed by atoms with E-state index < -0.39 is 5.60 Å². The van der Waals surface area contributed by atoms with Crippen LogP contribution in [-0.2, 0) is 16.8 Å². The minimum Gasteiger partial charge on any atom is -0.367 e. The molecule has 0 bridgehead atoms. The van der Waals surface area contributed by atoms with Crippen molar-refractivity contribution in [1.29, 1.82) is 0 Å². The van der Waals surface area contributed by atoms with Gasteiger partial charge in [-0.2, -0.15) is 0 Å². The van der Waals surface area contributed by atoms with Crippen LogP contribution in [-0.4, -0.2) is 26.4 Å². The Morgan fingerprint density at radius 2 is 1.93 bits per heavy atom. The number of ketones is 1. The molecular weight excluding hydrogens is 370 g/mol. The normalized spacial score (nSPS) is 13.1. The average Bonchev–Trinajstić information content (AvgIpc) is 3.30. The van der Waals surface area contributed by atoms with Crippen molar-refractivity contribution < 1.29 is 9.53 Å². The lowest BCUT2D eigenvalue weighted by Gasteiger charge is -2.25. The highest BCUT2D eigenvalue weighted by atomic mass is 32.1. The van der Waals surface area contributed by atoms with Gasteiger partial charge in [-0.1, -0.05) is 0 Å². The second kappa shape index (κ2) is 8.37. The summed E-state index contributed by atoms with van der Waals surface area (Å²) in [6, 6.07) is 7.80. The van der Waals surface area contributed by atoms with E-state index in [2.05, 4.69) is 16.9 Å². The number of Topliss-reactive ketones (excluding diaryl/α,β-unsaturated/α-hetero) is 1.